The summed E-state index contributed by atoms with van der Waals surface area (Å²) >= 11 is 1.50. The summed E-state index contributed by atoms with van der Waals surface area (Å²) in [7, 11) is 1.63. The van der Waals surface area contributed by atoms with Crippen LogP contribution in [-0.4, -0.2) is 37.3 Å². The smallest absolute Gasteiger partial charge is 0.260 e. The third kappa shape index (κ3) is 3.68. The van der Waals surface area contributed by atoms with Gasteiger partial charge in [0.1, 0.15) is 11.3 Å². The van der Waals surface area contributed by atoms with Gasteiger partial charge in [0.05, 0.1) is 24.5 Å². The van der Waals surface area contributed by atoms with Gasteiger partial charge in [0, 0.05) is 12.2 Å². The molecule has 1 saturated heterocycles. The maximum absolute atomic E-state index is 13.3. The first kappa shape index (κ1) is 17.9. The zero-order valence-electron chi connectivity index (χ0n) is 15.5. The van der Waals surface area contributed by atoms with Crippen LogP contribution in [0.2, 0.25) is 0 Å². The summed E-state index contributed by atoms with van der Waals surface area (Å²) in [5.41, 5.74) is 2.57. The summed E-state index contributed by atoms with van der Waals surface area (Å²) in [4.78, 5) is 19.8. The number of benzene rings is 2. The summed E-state index contributed by atoms with van der Waals surface area (Å²) < 4.78 is 12.2. The van der Waals surface area contributed by atoms with Crippen LogP contribution in [-0.2, 0) is 4.74 Å². The third-order valence-electron chi connectivity index (χ3n) is 4.78. The fraction of sp³-hybridized carbons (Fsp3) is 0.333. The lowest BCUT2D eigenvalue weighted by molar-refractivity contribution is 0.0917. The summed E-state index contributed by atoms with van der Waals surface area (Å²) in [5.74, 6) is 0.665. The molecule has 0 bridgehead atoms. The van der Waals surface area contributed by atoms with E-state index >= 15 is 0 Å². The number of hydrogen-bond donors (Lipinski definition) is 0. The van der Waals surface area contributed by atoms with Crippen molar-refractivity contribution in [3.63, 3.8) is 0 Å². The molecule has 1 fully saturated rings. The van der Waals surface area contributed by atoms with Crippen molar-refractivity contribution in [1.29, 1.82) is 0 Å². The first-order valence-corrected chi connectivity index (χ1v) is 9.91. The Morgan fingerprint density at radius 3 is 2.81 bits per heavy atom. The molecule has 27 heavy (non-hydrogen) atoms. The van der Waals surface area contributed by atoms with E-state index in [1.807, 2.05) is 49.4 Å². The van der Waals surface area contributed by atoms with E-state index in [2.05, 4.69) is 0 Å². The molecule has 3 aromatic rings. The number of nitrogens with zero attached hydrogens (tertiary/aromatic N) is 2. The van der Waals surface area contributed by atoms with E-state index in [0.717, 1.165) is 41.0 Å². The van der Waals surface area contributed by atoms with Crippen LogP contribution in [0.1, 0.15) is 28.8 Å². The van der Waals surface area contributed by atoms with Gasteiger partial charge in [0.25, 0.3) is 5.91 Å². The second-order valence-corrected chi connectivity index (χ2v) is 7.73. The number of para-hydroxylation sites is 1. The third-order valence-corrected chi connectivity index (χ3v) is 5.82. The standard InChI is InChI=1S/C21H22N2O3S/c1-14-8-10-15(11-9-14)20(24)23(13-16-5-4-12-26-16)21-22-19-17(25-2)6-3-7-18(19)27-21/h3,6-11,16H,4-5,12-13H2,1-2H3. The van der Waals surface area contributed by atoms with Crippen molar-refractivity contribution >= 4 is 32.6 Å². The van der Waals surface area contributed by atoms with Crippen LogP contribution in [0, 0.1) is 6.92 Å². The predicted octanol–water partition coefficient (Wildman–Crippen LogP) is 4.44. The maximum atomic E-state index is 13.3. The minimum Gasteiger partial charge on any atom is -0.494 e. The van der Waals surface area contributed by atoms with Gasteiger partial charge in [-0.1, -0.05) is 35.1 Å². The molecule has 1 unspecified atom stereocenters. The second kappa shape index (κ2) is 7.66. The number of thiazole rings is 1. The van der Waals surface area contributed by atoms with Crippen LogP contribution in [0.3, 0.4) is 0 Å². The Morgan fingerprint density at radius 1 is 1.30 bits per heavy atom. The number of fused-ring (bicyclic) bond motifs is 1. The first-order chi connectivity index (χ1) is 13.2. The van der Waals surface area contributed by atoms with Crippen molar-refractivity contribution in [2.24, 2.45) is 0 Å². The molecule has 1 atom stereocenters. The van der Waals surface area contributed by atoms with E-state index in [4.69, 9.17) is 14.5 Å². The number of ether oxygens (including phenoxy) is 2. The highest BCUT2D eigenvalue weighted by molar-refractivity contribution is 7.22. The van der Waals surface area contributed by atoms with Crippen molar-refractivity contribution in [3.8, 4) is 5.75 Å². The summed E-state index contributed by atoms with van der Waals surface area (Å²) in [5, 5.41) is 0.676. The average Bonchev–Trinajstić information content (AvgIpc) is 3.35. The molecular formula is C21H22N2O3S. The van der Waals surface area contributed by atoms with Gasteiger partial charge in [-0.3, -0.25) is 9.69 Å². The monoisotopic (exact) mass is 382 g/mol. The molecule has 4 rings (SSSR count). The molecule has 2 aromatic carbocycles. The molecule has 0 N–H and O–H groups in total. The van der Waals surface area contributed by atoms with Gasteiger partial charge in [0.15, 0.2) is 5.13 Å². The van der Waals surface area contributed by atoms with E-state index < -0.39 is 0 Å². The zero-order valence-corrected chi connectivity index (χ0v) is 16.3. The first-order valence-electron chi connectivity index (χ1n) is 9.09. The highest BCUT2D eigenvalue weighted by Crippen LogP contribution is 2.35. The van der Waals surface area contributed by atoms with E-state index in [1.54, 1.807) is 12.0 Å². The number of aromatic nitrogens is 1. The summed E-state index contributed by atoms with van der Waals surface area (Å²) in [6.07, 6.45) is 2.05. The SMILES string of the molecule is COc1cccc2sc(N(CC3CCCO3)C(=O)c3ccc(C)cc3)nc12. The average molecular weight is 382 g/mol. The van der Waals surface area contributed by atoms with Gasteiger partial charge in [-0.25, -0.2) is 4.98 Å². The number of methoxy groups -OCH3 is 1. The van der Waals surface area contributed by atoms with Crippen molar-refractivity contribution in [3.05, 3.63) is 53.6 Å². The molecular weight excluding hydrogens is 360 g/mol. The van der Waals surface area contributed by atoms with Crippen LogP contribution in [0.4, 0.5) is 5.13 Å². The number of hydrogen-bond acceptors (Lipinski definition) is 5. The van der Waals surface area contributed by atoms with Crippen LogP contribution >= 0.6 is 11.3 Å². The van der Waals surface area contributed by atoms with E-state index in [0.29, 0.717) is 17.2 Å². The van der Waals surface area contributed by atoms with Crippen molar-refractivity contribution in [2.75, 3.05) is 25.2 Å². The number of rotatable bonds is 5. The molecule has 1 aliphatic heterocycles. The molecule has 1 aromatic heterocycles. The molecule has 5 nitrogen and oxygen atoms in total. The lowest BCUT2D eigenvalue weighted by atomic mass is 10.1. The van der Waals surface area contributed by atoms with Gasteiger partial charge < -0.3 is 9.47 Å². The van der Waals surface area contributed by atoms with Crippen molar-refractivity contribution < 1.29 is 14.3 Å². The summed E-state index contributed by atoms with van der Waals surface area (Å²) in [6.45, 7) is 3.28. The quantitative estimate of drug-likeness (QED) is 0.655. The highest BCUT2D eigenvalue weighted by Gasteiger charge is 2.27. The minimum absolute atomic E-state index is 0.0494. The van der Waals surface area contributed by atoms with E-state index in [9.17, 15) is 4.79 Å². The molecule has 0 saturated carbocycles. The lowest BCUT2D eigenvalue weighted by Crippen LogP contribution is -2.37. The second-order valence-electron chi connectivity index (χ2n) is 6.72. The molecule has 0 aliphatic carbocycles. The number of amides is 1. The molecule has 0 spiro atoms. The van der Waals surface area contributed by atoms with Gasteiger partial charge >= 0.3 is 0 Å². The van der Waals surface area contributed by atoms with Gasteiger partial charge in [0.2, 0.25) is 0 Å². The lowest BCUT2D eigenvalue weighted by Gasteiger charge is -2.23. The van der Waals surface area contributed by atoms with Crippen LogP contribution in [0.25, 0.3) is 10.2 Å². The van der Waals surface area contributed by atoms with Gasteiger partial charge in [-0.15, -0.1) is 0 Å². The van der Waals surface area contributed by atoms with Crippen molar-refractivity contribution in [2.45, 2.75) is 25.9 Å². The normalized spacial score (nSPS) is 16.6. The summed E-state index contributed by atoms with van der Waals surface area (Å²) in [6, 6.07) is 13.5. The van der Waals surface area contributed by atoms with Gasteiger partial charge in [-0.2, -0.15) is 0 Å². The number of aryl methyl sites for hydroxylation is 1. The Labute approximate surface area is 162 Å². The molecule has 6 heteroatoms. The Bertz CT molecular complexity index is 946. The Hall–Kier alpha value is -2.44. The van der Waals surface area contributed by atoms with Crippen LogP contribution in [0.5, 0.6) is 5.75 Å². The number of anilines is 1. The number of carbonyl (C=O) groups is 1. The minimum atomic E-state index is -0.0523. The van der Waals surface area contributed by atoms with E-state index in [-0.39, 0.29) is 12.0 Å². The van der Waals surface area contributed by atoms with Crippen molar-refractivity contribution in [1.82, 2.24) is 4.98 Å². The molecule has 2 heterocycles. The van der Waals surface area contributed by atoms with Crippen LogP contribution in [0.15, 0.2) is 42.5 Å². The fourth-order valence-corrected chi connectivity index (χ4v) is 4.27. The van der Waals surface area contributed by atoms with Crippen LogP contribution < -0.4 is 9.64 Å². The Kier molecular flexibility index (Phi) is 5.09. The Balaban J connectivity index is 1.73. The fourth-order valence-electron chi connectivity index (χ4n) is 3.28. The molecule has 1 amide bonds. The predicted molar refractivity (Wildman–Crippen MR) is 108 cm³/mol. The topological polar surface area (TPSA) is 51.7 Å². The molecule has 1 aliphatic rings. The molecule has 140 valence electrons. The molecule has 0 radical (unpaired) electrons. The Morgan fingerprint density at radius 2 is 2.11 bits per heavy atom. The van der Waals surface area contributed by atoms with E-state index in [1.165, 1.54) is 11.3 Å². The highest BCUT2D eigenvalue weighted by atomic mass is 32.1. The largest absolute Gasteiger partial charge is 0.494 e. The van der Waals surface area contributed by atoms with Gasteiger partial charge in [-0.05, 0) is 44.0 Å². The zero-order chi connectivity index (χ0) is 18.8. The number of carbonyl (C=O) groups excluding carboxylic acids is 1. The maximum Gasteiger partial charge on any atom is 0.260 e.